The van der Waals surface area contributed by atoms with Crippen molar-refractivity contribution in [1.82, 2.24) is 9.97 Å². The summed E-state index contributed by atoms with van der Waals surface area (Å²) < 4.78 is 6.56. The Bertz CT molecular complexity index is 953. The molecule has 4 rings (SSSR count). The molecule has 188 valence electrons. The van der Waals surface area contributed by atoms with Gasteiger partial charge in [-0.25, -0.2) is 9.97 Å². The fraction of sp³-hybridized carbons (Fsp3) is 0.484. The number of unbranched alkanes of at least 4 members (excludes halogenated alkanes) is 3. The lowest BCUT2D eigenvalue weighted by atomic mass is 9.77. The lowest BCUT2D eigenvalue weighted by molar-refractivity contribution is 0.302. The largest absolute Gasteiger partial charge is 0.492 e. The summed E-state index contributed by atoms with van der Waals surface area (Å²) in [7, 11) is 0. The van der Waals surface area contributed by atoms with Gasteiger partial charge in [0.15, 0.2) is 5.82 Å². The van der Waals surface area contributed by atoms with E-state index in [9.17, 15) is 0 Å². The van der Waals surface area contributed by atoms with Crippen LogP contribution in [0, 0.1) is 5.92 Å². The minimum Gasteiger partial charge on any atom is -0.492 e. The summed E-state index contributed by atoms with van der Waals surface area (Å²) in [6, 6.07) is 18.1. The van der Waals surface area contributed by atoms with Gasteiger partial charge in [-0.15, -0.1) is 0 Å². The number of hydrogen-bond donors (Lipinski definition) is 0. The van der Waals surface area contributed by atoms with E-state index < -0.39 is 0 Å². The normalized spacial score (nSPS) is 17.3. The molecule has 1 aliphatic rings. The molecule has 0 aliphatic heterocycles. The van der Waals surface area contributed by atoms with Gasteiger partial charge < -0.3 is 4.74 Å². The first kappa shape index (κ1) is 27.4. The molecule has 2 aromatic carbocycles. The summed E-state index contributed by atoms with van der Waals surface area (Å²) in [5.74, 6) is 3.40. The van der Waals surface area contributed by atoms with Crippen molar-refractivity contribution in [3.8, 4) is 17.1 Å². The first-order valence-electron chi connectivity index (χ1n) is 13.5. The highest BCUT2D eigenvalue weighted by Crippen LogP contribution is 2.37. The van der Waals surface area contributed by atoms with E-state index in [-0.39, 0.29) is 0 Å². The first-order chi connectivity index (χ1) is 17.2. The zero-order chi connectivity index (χ0) is 24.7. The molecule has 3 aromatic rings. The van der Waals surface area contributed by atoms with Gasteiger partial charge in [0.05, 0.1) is 11.1 Å². The minimum absolute atomic E-state index is 0.669. The number of benzene rings is 2. The second-order valence-corrected chi connectivity index (χ2v) is 10.4. The molecular formula is C31H41BrN2O. The maximum absolute atomic E-state index is 5.53. The zero-order valence-corrected chi connectivity index (χ0v) is 23.1. The van der Waals surface area contributed by atoms with E-state index >= 15 is 0 Å². The van der Waals surface area contributed by atoms with E-state index in [0.717, 1.165) is 40.6 Å². The predicted octanol–water partition coefficient (Wildman–Crippen LogP) is 9.63. The Hall–Kier alpha value is -2.20. The standard InChI is InChI=1S/C21H28N2.C10H13BrO/c1-2-3-5-8-17-11-13-18(14-12-17)20-15-22-21(23-16-20)19-9-6-4-7-10-19;1-2-3-8-12-10-7-5-4-6-9(10)11/h4,6-7,9-10,15-18H,2-3,5,8,11-14H2,1H3;4-7H,2-3,8H2,1H3. The van der Waals surface area contributed by atoms with Gasteiger partial charge in [0.1, 0.15) is 5.75 Å². The molecule has 0 saturated heterocycles. The minimum atomic E-state index is 0.669. The van der Waals surface area contributed by atoms with Gasteiger partial charge in [0.25, 0.3) is 0 Å². The lowest BCUT2D eigenvalue weighted by Gasteiger charge is -2.28. The van der Waals surface area contributed by atoms with Gasteiger partial charge in [-0.3, -0.25) is 0 Å². The maximum Gasteiger partial charge on any atom is 0.159 e. The molecule has 1 fully saturated rings. The molecule has 0 bridgehead atoms. The highest BCUT2D eigenvalue weighted by atomic mass is 79.9. The zero-order valence-electron chi connectivity index (χ0n) is 21.5. The molecule has 1 aromatic heterocycles. The summed E-state index contributed by atoms with van der Waals surface area (Å²) in [4.78, 5) is 9.19. The van der Waals surface area contributed by atoms with Crippen LogP contribution in [0.2, 0.25) is 0 Å². The predicted molar refractivity (Wildman–Crippen MR) is 151 cm³/mol. The molecule has 0 radical (unpaired) electrons. The van der Waals surface area contributed by atoms with Crippen molar-refractivity contribution < 1.29 is 4.74 Å². The summed E-state index contributed by atoms with van der Waals surface area (Å²) in [5, 5.41) is 0. The number of nitrogens with zero attached hydrogens (tertiary/aromatic N) is 2. The van der Waals surface area contributed by atoms with Gasteiger partial charge in [-0.05, 0) is 77.6 Å². The molecular weight excluding hydrogens is 496 g/mol. The van der Waals surface area contributed by atoms with Crippen LogP contribution < -0.4 is 4.74 Å². The molecule has 1 saturated carbocycles. The van der Waals surface area contributed by atoms with Crippen molar-refractivity contribution in [2.24, 2.45) is 5.92 Å². The topological polar surface area (TPSA) is 35.0 Å². The van der Waals surface area contributed by atoms with E-state index in [1.165, 1.54) is 63.4 Å². The van der Waals surface area contributed by atoms with Crippen LogP contribution in [-0.2, 0) is 0 Å². The van der Waals surface area contributed by atoms with Gasteiger partial charge in [-0.1, -0.05) is 88.4 Å². The molecule has 0 amide bonds. The van der Waals surface area contributed by atoms with Crippen molar-refractivity contribution in [3.63, 3.8) is 0 Å². The third-order valence-electron chi connectivity index (χ3n) is 6.83. The molecule has 0 atom stereocenters. The highest BCUT2D eigenvalue weighted by Gasteiger charge is 2.22. The van der Waals surface area contributed by atoms with Crippen molar-refractivity contribution in [2.75, 3.05) is 6.61 Å². The molecule has 0 spiro atoms. The number of halogens is 1. The van der Waals surface area contributed by atoms with Crippen molar-refractivity contribution in [1.29, 1.82) is 0 Å². The van der Waals surface area contributed by atoms with Crippen LogP contribution in [0.1, 0.15) is 89.5 Å². The second-order valence-electron chi connectivity index (χ2n) is 9.55. The molecule has 1 aliphatic carbocycles. The maximum atomic E-state index is 5.53. The number of ether oxygens (including phenoxy) is 1. The van der Waals surface area contributed by atoms with Gasteiger partial charge in [0, 0.05) is 18.0 Å². The molecule has 35 heavy (non-hydrogen) atoms. The summed E-state index contributed by atoms with van der Waals surface area (Å²) in [6.45, 7) is 5.25. The number of hydrogen-bond acceptors (Lipinski definition) is 3. The van der Waals surface area contributed by atoms with E-state index in [2.05, 4.69) is 64.3 Å². The van der Waals surface area contributed by atoms with Crippen LogP contribution in [0.25, 0.3) is 11.4 Å². The average Bonchev–Trinajstić information content (AvgIpc) is 2.91. The monoisotopic (exact) mass is 536 g/mol. The number of rotatable bonds is 10. The molecule has 4 heteroatoms. The Morgan fingerprint density at radius 2 is 1.46 bits per heavy atom. The van der Waals surface area contributed by atoms with Crippen molar-refractivity contribution in [2.45, 2.75) is 84.0 Å². The fourth-order valence-corrected chi connectivity index (χ4v) is 5.04. The van der Waals surface area contributed by atoms with E-state index in [1.54, 1.807) is 0 Å². The van der Waals surface area contributed by atoms with Crippen LogP contribution >= 0.6 is 15.9 Å². The quantitative estimate of drug-likeness (QED) is 0.242. The molecule has 3 nitrogen and oxygen atoms in total. The third-order valence-corrected chi connectivity index (χ3v) is 7.49. The summed E-state index contributed by atoms with van der Waals surface area (Å²) in [6.07, 6.45) is 17.4. The van der Waals surface area contributed by atoms with Crippen LogP contribution in [0.5, 0.6) is 5.75 Å². The highest BCUT2D eigenvalue weighted by molar-refractivity contribution is 9.10. The SMILES string of the molecule is CCCCCC1CCC(c2cnc(-c3ccccc3)nc2)CC1.CCCCOc1ccccc1Br. The Morgan fingerprint density at radius 1 is 0.800 bits per heavy atom. The van der Waals surface area contributed by atoms with Crippen LogP contribution in [0.4, 0.5) is 0 Å². The second kappa shape index (κ2) is 15.7. The van der Waals surface area contributed by atoms with Gasteiger partial charge >= 0.3 is 0 Å². The van der Waals surface area contributed by atoms with Crippen molar-refractivity contribution in [3.05, 3.63) is 77.0 Å². The molecule has 1 heterocycles. The van der Waals surface area contributed by atoms with Crippen molar-refractivity contribution >= 4 is 15.9 Å². The summed E-state index contributed by atoms with van der Waals surface area (Å²) >= 11 is 3.42. The number of aromatic nitrogens is 2. The lowest BCUT2D eigenvalue weighted by Crippen LogP contribution is -2.13. The van der Waals surface area contributed by atoms with Crippen LogP contribution in [0.15, 0.2) is 71.5 Å². The van der Waals surface area contributed by atoms with Gasteiger partial charge in [-0.2, -0.15) is 0 Å². The Morgan fingerprint density at radius 3 is 2.11 bits per heavy atom. The van der Waals surface area contributed by atoms with E-state index in [0.29, 0.717) is 5.92 Å². The van der Waals surface area contributed by atoms with Crippen LogP contribution in [-0.4, -0.2) is 16.6 Å². The fourth-order valence-electron chi connectivity index (χ4n) is 4.64. The average molecular weight is 538 g/mol. The third kappa shape index (κ3) is 9.40. The Kier molecular flexibility index (Phi) is 12.3. The summed E-state index contributed by atoms with van der Waals surface area (Å²) in [5.41, 5.74) is 2.43. The Labute approximate surface area is 220 Å². The van der Waals surface area contributed by atoms with E-state index in [4.69, 9.17) is 4.74 Å². The molecule has 0 N–H and O–H groups in total. The smallest absolute Gasteiger partial charge is 0.159 e. The van der Waals surface area contributed by atoms with Gasteiger partial charge in [0.2, 0.25) is 0 Å². The Balaban J connectivity index is 0.000000241. The molecule has 0 unspecified atom stereocenters. The first-order valence-corrected chi connectivity index (χ1v) is 14.2. The van der Waals surface area contributed by atoms with Crippen LogP contribution in [0.3, 0.4) is 0 Å². The number of para-hydroxylation sites is 1. The van der Waals surface area contributed by atoms with E-state index in [1.807, 2.05) is 42.5 Å².